The number of allylic oxidation sites excluding steroid dienone is 2. The van der Waals surface area contributed by atoms with Crippen molar-refractivity contribution < 1.29 is 14.6 Å². The van der Waals surface area contributed by atoms with E-state index in [9.17, 15) is 14.6 Å². The van der Waals surface area contributed by atoms with Gasteiger partial charge in [-0.1, -0.05) is 12.1 Å². The number of halogens is 1. The van der Waals surface area contributed by atoms with E-state index in [1.165, 1.54) is 12.1 Å². The van der Waals surface area contributed by atoms with E-state index in [1.807, 2.05) is 19.1 Å². The van der Waals surface area contributed by atoms with Crippen molar-refractivity contribution >= 4 is 17.6 Å². The Morgan fingerprint density at radius 3 is 2.80 bits per heavy atom. The van der Waals surface area contributed by atoms with Crippen molar-refractivity contribution in [3.8, 4) is 5.75 Å². The van der Waals surface area contributed by atoms with Gasteiger partial charge in [-0.2, -0.15) is 0 Å². The first kappa shape index (κ1) is 18.6. The fourth-order valence-electron chi connectivity index (χ4n) is 2.71. The van der Waals surface area contributed by atoms with E-state index in [0.29, 0.717) is 11.1 Å². The number of hydrogen-bond donors (Lipinski definition) is 3. The number of anilines is 1. The summed E-state index contributed by atoms with van der Waals surface area (Å²) in [4.78, 5) is 8.17. The molecule has 0 saturated heterocycles. The molecule has 0 aliphatic heterocycles. The zero-order chi connectivity index (χ0) is 18.6. The average molecular weight is 343 g/mol. The maximum atomic E-state index is 13.6. The minimum atomic E-state index is -1.11. The molecule has 0 saturated carbocycles. The maximum absolute atomic E-state index is 13.6. The molecule has 0 bridgehead atoms. The van der Waals surface area contributed by atoms with Gasteiger partial charge in [0.05, 0.1) is 6.10 Å². The molecule has 132 valence electrons. The number of pyridine rings is 1. The molecule has 2 aromatic rings. The zero-order valence-electron chi connectivity index (χ0n) is 14.5. The summed E-state index contributed by atoms with van der Waals surface area (Å²) < 4.78 is 13.6. The summed E-state index contributed by atoms with van der Waals surface area (Å²) in [6.07, 6.45) is 4.22. The first-order chi connectivity index (χ1) is 11.9. The molecule has 1 aromatic carbocycles. The number of nitrogens with two attached hydrogens (primary N) is 1. The number of aromatic nitrogens is 1. The molecule has 0 fully saturated rings. The minimum absolute atomic E-state index is 0.102. The van der Waals surface area contributed by atoms with Crippen molar-refractivity contribution in [2.24, 2.45) is 4.99 Å². The highest BCUT2D eigenvalue weighted by atomic mass is 19.1. The van der Waals surface area contributed by atoms with Gasteiger partial charge in [0.15, 0.2) is 11.6 Å². The normalized spacial score (nSPS) is 13.4. The lowest BCUT2D eigenvalue weighted by Gasteiger charge is -2.17. The van der Waals surface area contributed by atoms with E-state index >= 15 is 0 Å². The molecule has 0 radical (unpaired) electrons. The van der Waals surface area contributed by atoms with Crippen molar-refractivity contribution in [1.82, 2.24) is 4.98 Å². The minimum Gasteiger partial charge on any atom is -0.505 e. The van der Waals surface area contributed by atoms with Crippen LogP contribution in [0.5, 0.6) is 5.75 Å². The van der Waals surface area contributed by atoms with Gasteiger partial charge in [0.1, 0.15) is 5.82 Å². The number of rotatable bonds is 5. The first-order valence-electron chi connectivity index (χ1n) is 7.88. The summed E-state index contributed by atoms with van der Waals surface area (Å²) in [6, 6.07) is 4.50. The molecular weight excluding hydrogens is 321 g/mol. The van der Waals surface area contributed by atoms with Crippen LogP contribution in [0.25, 0.3) is 5.57 Å². The van der Waals surface area contributed by atoms with Gasteiger partial charge >= 0.3 is 0 Å². The number of aliphatic imine (C=N–C) groups is 1. The Labute approximate surface area is 146 Å². The van der Waals surface area contributed by atoms with Gasteiger partial charge in [0.25, 0.3) is 0 Å². The second kappa shape index (κ2) is 7.90. The highest BCUT2D eigenvalue weighted by Crippen LogP contribution is 2.33. The summed E-state index contributed by atoms with van der Waals surface area (Å²) in [5.41, 5.74) is 8.97. The van der Waals surface area contributed by atoms with E-state index < -0.39 is 17.7 Å². The van der Waals surface area contributed by atoms with Crippen LogP contribution < -0.4 is 5.73 Å². The second-order valence-corrected chi connectivity index (χ2v) is 5.75. The molecule has 5 nitrogen and oxygen atoms in total. The Bertz CT molecular complexity index is 832. The SMILES string of the molecule is C/C=C(\C=NC)c1cnc(N)c(CC(O)c2c(C)ccc(F)c2O)c1. The summed E-state index contributed by atoms with van der Waals surface area (Å²) >= 11 is 0. The molecule has 0 aliphatic rings. The largest absolute Gasteiger partial charge is 0.505 e. The highest BCUT2D eigenvalue weighted by Gasteiger charge is 2.20. The summed E-state index contributed by atoms with van der Waals surface area (Å²) in [5.74, 6) is -1.03. The van der Waals surface area contributed by atoms with Gasteiger partial charge in [-0.3, -0.25) is 4.99 Å². The number of aromatic hydroxyl groups is 1. The topological polar surface area (TPSA) is 91.7 Å². The van der Waals surface area contributed by atoms with E-state index in [2.05, 4.69) is 9.98 Å². The van der Waals surface area contributed by atoms with Crippen LogP contribution >= 0.6 is 0 Å². The van der Waals surface area contributed by atoms with Crippen LogP contribution in [0, 0.1) is 12.7 Å². The van der Waals surface area contributed by atoms with Gasteiger partial charge in [-0.25, -0.2) is 9.37 Å². The number of aryl methyl sites for hydroxylation is 1. The molecule has 1 aromatic heterocycles. The quantitative estimate of drug-likeness (QED) is 0.727. The van der Waals surface area contributed by atoms with Crippen LogP contribution in [-0.4, -0.2) is 28.5 Å². The van der Waals surface area contributed by atoms with Gasteiger partial charge in [0.2, 0.25) is 0 Å². The Balaban J connectivity index is 2.39. The third-order valence-electron chi connectivity index (χ3n) is 4.05. The maximum Gasteiger partial charge on any atom is 0.165 e. The molecule has 0 aliphatic carbocycles. The summed E-state index contributed by atoms with van der Waals surface area (Å²) in [5, 5.41) is 20.5. The van der Waals surface area contributed by atoms with E-state index in [0.717, 1.165) is 11.1 Å². The van der Waals surface area contributed by atoms with E-state index in [-0.39, 0.29) is 17.8 Å². The standard InChI is InChI=1S/C19H22FN3O2/c1-4-12(9-22-3)14-7-13(19(21)23-10-14)8-16(24)17-11(2)5-6-15(20)18(17)25/h4-7,9-10,16,24-25H,8H2,1-3H3,(H2,21,23)/b12-4+,22-9?. The predicted molar refractivity (Wildman–Crippen MR) is 98.2 cm³/mol. The lowest BCUT2D eigenvalue weighted by Crippen LogP contribution is -2.08. The predicted octanol–water partition coefficient (Wildman–Crippen LogP) is 3.20. The van der Waals surface area contributed by atoms with E-state index in [1.54, 1.807) is 26.4 Å². The third-order valence-corrected chi connectivity index (χ3v) is 4.05. The Kier molecular flexibility index (Phi) is 5.88. The number of nitrogens with zero attached hydrogens (tertiary/aromatic N) is 2. The molecule has 25 heavy (non-hydrogen) atoms. The van der Waals surface area contributed by atoms with Crippen LogP contribution in [0.1, 0.15) is 35.3 Å². The molecule has 1 heterocycles. The smallest absolute Gasteiger partial charge is 0.165 e. The Morgan fingerprint density at radius 2 is 2.16 bits per heavy atom. The van der Waals surface area contributed by atoms with Gasteiger partial charge in [0, 0.05) is 37.0 Å². The average Bonchev–Trinajstić information content (AvgIpc) is 2.58. The van der Waals surface area contributed by atoms with Crippen molar-refractivity contribution in [1.29, 1.82) is 0 Å². The number of benzene rings is 1. The molecule has 1 unspecified atom stereocenters. The second-order valence-electron chi connectivity index (χ2n) is 5.75. The van der Waals surface area contributed by atoms with Gasteiger partial charge in [-0.15, -0.1) is 0 Å². The number of aliphatic hydroxyl groups excluding tert-OH is 1. The molecule has 0 amide bonds. The Morgan fingerprint density at radius 1 is 1.44 bits per heavy atom. The van der Waals surface area contributed by atoms with Crippen LogP contribution in [-0.2, 0) is 6.42 Å². The van der Waals surface area contributed by atoms with Crippen LogP contribution in [0.15, 0.2) is 35.5 Å². The van der Waals surface area contributed by atoms with Crippen LogP contribution in [0.4, 0.5) is 10.2 Å². The highest BCUT2D eigenvalue weighted by molar-refractivity contribution is 6.09. The number of hydrogen-bond acceptors (Lipinski definition) is 5. The number of phenolic OH excluding ortho intramolecular Hbond substituents is 1. The number of aliphatic hydroxyl groups is 1. The first-order valence-corrected chi connectivity index (χ1v) is 7.88. The van der Waals surface area contributed by atoms with Crippen molar-refractivity contribution in [3.63, 3.8) is 0 Å². The molecule has 2 rings (SSSR count). The third kappa shape index (κ3) is 4.03. The molecule has 0 spiro atoms. The van der Waals surface area contributed by atoms with E-state index in [4.69, 9.17) is 5.73 Å². The van der Waals surface area contributed by atoms with Crippen LogP contribution in [0.3, 0.4) is 0 Å². The monoisotopic (exact) mass is 343 g/mol. The van der Waals surface area contributed by atoms with Gasteiger partial charge in [-0.05, 0) is 42.7 Å². The molecule has 1 atom stereocenters. The molecule has 6 heteroatoms. The lowest BCUT2D eigenvalue weighted by atomic mass is 9.95. The van der Waals surface area contributed by atoms with Crippen molar-refractivity contribution in [2.45, 2.75) is 26.4 Å². The van der Waals surface area contributed by atoms with Gasteiger partial charge < -0.3 is 15.9 Å². The molecular formula is C19H22FN3O2. The Hall–Kier alpha value is -2.73. The lowest BCUT2D eigenvalue weighted by molar-refractivity contribution is 0.172. The zero-order valence-corrected chi connectivity index (χ0v) is 14.5. The number of nitrogen functional groups attached to an aromatic ring is 1. The fourth-order valence-corrected chi connectivity index (χ4v) is 2.71. The molecule has 4 N–H and O–H groups in total. The van der Waals surface area contributed by atoms with Crippen LogP contribution in [0.2, 0.25) is 0 Å². The number of phenols is 1. The fraction of sp³-hybridized carbons (Fsp3) is 0.263. The van der Waals surface area contributed by atoms with Crippen molar-refractivity contribution in [2.75, 3.05) is 12.8 Å². The summed E-state index contributed by atoms with van der Waals surface area (Å²) in [7, 11) is 1.67. The summed E-state index contributed by atoms with van der Waals surface area (Å²) in [6.45, 7) is 3.58. The van der Waals surface area contributed by atoms with Crippen molar-refractivity contribution in [3.05, 3.63) is 58.5 Å².